The molecule has 10 heteroatoms. The Kier molecular flexibility index (Phi) is 4.34. The van der Waals surface area contributed by atoms with Crippen molar-refractivity contribution in [2.24, 2.45) is 0 Å². The molecule has 0 bridgehead atoms. The van der Waals surface area contributed by atoms with Crippen LogP contribution >= 0.6 is 11.7 Å². The fourth-order valence-corrected chi connectivity index (χ4v) is 4.61. The van der Waals surface area contributed by atoms with Crippen LogP contribution in [0.1, 0.15) is 10.5 Å². The molecule has 0 unspecified atom stereocenters. The van der Waals surface area contributed by atoms with Crippen LogP contribution in [0.5, 0.6) is 17.2 Å². The van der Waals surface area contributed by atoms with E-state index >= 15 is 0 Å². The predicted molar refractivity (Wildman–Crippen MR) is 124 cm³/mol. The Balaban J connectivity index is 1.63. The van der Waals surface area contributed by atoms with Gasteiger partial charge in [-0.1, -0.05) is 6.07 Å². The molecule has 0 spiro atoms. The third-order valence-electron chi connectivity index (χ3n) is 5.54. The van der Waals surface area contributed by atoms with Gasteiger partial charge in [0.1, 0.15) is 16.8 Å². The van der Waals surface area contributed by atoms with Gasteiger partial charge in [0.15, 0.2) is 17.2 Å². The van der Waals surface area contributed by atoms with Crippen LogP contribution in [0.25, 0.3) is 27.6 Å². The van der Waals surface area contributed by atoms with E-state index in [2.05, 4.69) is 14.1 Å². The highest BCUT2D eigenvalue weighted by molar-refractivity contribution is 7.00. The standard InChI is InChI=1S/C23H16N4O5S/c1-30-13-6-7-14-17(10-13)27(12-5-8-18-19(9-12)32-11-31-18)22(23(28)29)20(14)24-15-3-2-4-16-21(15)26-33-25-16/h2-10,24H,11H2,1H3,(H,28,29). The van der Waals surface area contributed by atoms with Crippen molar-refractivity contribution in [2.45, 2.75) is 0 Å². The first kappa shape index (κ1) is 19.4. The topological polar surface area (TPSA) is 108 Å². The van der Waals surface area contributed by atoms with Crippen molar-refractivity contribution in [3.63, 3.8) is 0 Å². The second-order valence-corrected chi connectivity index (χ2v) is 7.88. The lowest BCUT2D eigenvalue weighted by atomic mass is 10.2. The Hall–Kier alpha value is -4.31. The quantitative estimate of drug-likeness (QED) is 0.385. The molecule has 164 valence electrons. The van der Waals surface area contributed by atoms with Crippen LogP contribution in [0.2, 0.25) is 0 Å². The number of carboxylic acid groups (broad SMARTS) is 1. The number of rotatable bonds is 5. The van der Waals surface area contributed by atoms with E-state index in [0.29, 0.717) is 50.7 Å². The highest BCUT2D eigenvalue weighted by atomic mass is 32.1. The van der Waals surface area contributed by atoms with Crippen molar-refractivity contribution in [2.75, 3.05) is 19.2 Å². The molecule has 0 fully saturated rings. The summed E-state index contributed by atoms with van der Waals surface area (Å²) in [5, 5.41) is 14.3. The van der Waals surface area contributed by atoms with Gasteiger partial charge in [-0.3, -0.25) is 0 Å². The number of methoxy groups -OCH3 is 1. The molecule has 2 aromatic heterocycles. The molecule has 6 rings (SSSR count). The third kappa shape index (κ3) is 3.03. The Morgan fingerprint density at radius 1 is 1.12 bits per heavy atom. The average Bonchev–Trinajstić information content (AvgIpc) is 3.55. The molecule has 5 aromatic rings. The molecule has 0 saturated heterocycles. The Labute approximate surface area is 191 Å². The maximum absolute atomic E-state index is 12.6. The molecule has 3 aromatic carbocycles. The first-order chi connectivity index (χ1) is 16.1. The van der Waals surface area contributed by atoms with E-state index in [9.17, 15) is 9.90 Å². The predicted octanol–water partition coefficient (Wildman–Crippen LogP) is 4.81. The number of hydrogen-bond acceptors (Lipinski definition) is 8. The number of benzene rings is 3. The molecule has 1 aliphatic rings. The number of hydrogen-bond donors (Lipinski definition) is 2. The SMILES string of the molecule is COc1ccc2c(Nc3cccc4nsnc34)c(C(=O)O)n(-c3ccc4c(c3)OCO4)c2c1. The number of aromatic nitrogens is 3. The largest absolute Gasteiger partial charge is 0.497 e. The first-order valence-corrected chi connectivity index (χ1v) is 10.7. The van der Waals surface area contributed by atoms with E-state index in [-0.39, 0.29) is 12.5 Å². The summed E-state index contributed by atoms with van der Waals surface area (Å²) in [7, 11) is 1.57. The van der Waals surface area contributed by atoms with Gasteiger partial charge >= 0.3 is 5.97 Å². The van der Waals surface area contributed by atoms with Crippen LogP contribution < -0.4 is 19.5 Å². The van der Waals surface area contributed by atoms with Crippen LogP contribution in [0, 0.1) is 0 Å². The van der Waals surface area contributed by atoms with Gasteiger partial charge in [0.05, 0.1) is 41.4 Å². The summed E-state index contributed by atoms with van der Waals surface area (Å²) < 4.78 is 26.7. The van der Waals surface area contributed by atoms with Crippen LogP contribution in [0.4, 0.5) is 11.4 Å². The summed E-state index contributed by atoms with van der Waals surface area (Å²) in [4.78, 5) is 12.6. The highest BCUT2D eigenvalue weighted by Gasteiger charge is 2.26. The minimum atomic E-state index is -1.09. The number of anilines is 2. The van der Waals surface area contributed by atoms with Crippen LogP contribution in [-0.2, 0) is 0 Å². The lowest BCUT2D eigenvalue weighted by Crippen LogP contribution is -2.09. The summed E-state index contributed by atoms with van der Waals surface area (Å²) >= 11 is 1.11. The van der Waals surface area contributed by atoms with Gasteiger partial charge < -0.3 is 29.2 Å². The molecular weight excluding hydrogens is 444 g/mol. The first-order valence-electron chi connectivity index (χ1n) is 9.98. The second kappa shape index (κ2) is 7.38. The number of ether oxygens (including phenoxy) is 3. The highest BCUT2D eigenvalue weighted by Crippen LogP contribution is 2.41. The molecular formula is C23H16N4O5S. The van der Waals surface area contributed by atoms with Crippen LogP contribution in [-0.4, -0.2) is 38.3 Å². The average molecular weight is 460 g/mol. The van der Waals surface area contributed by atoms with Crippen molar-refractivity contribution in [1.82, 2.24) is 13.3 Å². The molecule has 9 nitrogen and oxygen atoms in total. The molecule has 0 atom stereocenters. The maximum Gasteiger partial charge on any atom is 0.355 e. The van der Waals surface area contributed by atoms with E-state index < -0.39 is 5.97 Å². The molecule has 1 aliphatic heterocycles. The lowest BCUT2D eigenvalue weighted by molar-refractivity contribution is 0.0689. The van der Waals surface area contributed by atoms with Gasteiger partial charge in [-0.05, 0) is 36.4 Å². The second-order valence-electron chi connectivity index (χ2n) is 7.35. The molecule has 2 N–H and O–H groups in total. The molecule has 0 radical (unpaired) electrons. The van der Waals surface area contributed by atoms with E-state index in [1.54, 1.807) is 35.9 Å². The molecule has 0 aliphatic carbocycles. The number of nitrogens with zero attached hydrogens (tertiary/aromatic N) is 3. The van der Waals surface area contributed by atoms with E-state index in [1.165, 1.54) is 0 Å². The van der Waals surface area contributed by atoms with Crippen LogP contribution in [0.3, 0.4) is 0 Å². The lowest BCUT2D eigenvalue weighted by Gasteiger charge is -2.11. The van der Waals surface area contributed by atoms with Crippen LogP contribution in [0.15, 0.2) is 54.6 Å². The van der Waals surface area contributed by atoms with E-state index in [0.717, 1.165) is 17.2 Å². The monoisotopic (exact) mass is 460 g/mol. The fourth-order valence-electron chi connectivity index (χ4n) is 4.06. The zero-order valence-corrected chi connectivity index (χ0v) is 18.0. The summed E-state index contributed by atoms with van der Waals surface area (Å²) in [5.74, 6) is 0.692. The van der Waals surface area contributed by atoms with Gasteiger partial charge in [0.2, 0.25) is 6.79 Å². The maximum atomic E-state index is 12.6. The molecule has 0 amide bonds. The van der Waals surface area contributed by atoms with Crippen molar-refractivity contribution in [3.05, 3.63) is 60.3 Å². The van der Waals surface area contributed by atoms with Crippen molar-refractivity contribution < 1.29 is 24.1 Å². The minimum absolute atomic E-state index is 0.0670. The van der Waals surface area contributed by atoms with Crippen molar-refractivity contribution in [1.29, 1.82) is 0 Å². The van der Waals surface area contributed by atoms with Crippen molar-refractivity contribution >= 4 is 51.0 Å². The van der Waals surface area contributed by atoms with Gasteiger partial charge in [-0.2, -0.15) is 8.75 Å². The summed E-state index contributed by atoms with van der Waals surface area (Å²) in [6.45, 7) is 0.128. The van der Waals surface area contributed by atoms with Gasteiger partial charge in [0.25, 0.3) is 0 Å². The number of aromatic carboxylic acids is 1. The van der Waals surface area contributed by atoms with E-state index in [4.69, 9.17) is 14.2 Å². The number of fused-ring (bicyclic) bond motifs is 3. The van der Waals surface area contributed by atoms with Gasteiger partial charge in [-0.25, -0.2) is 4.79 Å². The van der Waals surface area contributed by atoms with E-state index in [1.807, 2.05) is 30.3 Å². The van der Waals surface area contributed by atoms with Crippen molar-refractivity contribution in [3.8, 4) is 22.9 Å². The van der Waals surface area contributed by atoms with Gasteiger partial charge in [-0.15, -0.1) is 0 Å². The normalized spacial score (nSPS) is 12.4. The van der Waals surface area contributed by atoms with Gasteiger partial charge in [0, 0.05) is 17.5 Å². The Bertz CT molecular complexity index is 1560. The minimum Gasteiger partial charge on any atom is -0.497 e. The zero-order valence-electron chi connectivity index (χ0n) is 17.2. The summed E-state index contributed by atoms with van der Waals surface area (Å²) in [6, 6.07) is 16.3. The molecule has 3 heterocycles. The molecule has 0 saturated carbocycles. The molecule has 33 heavy (non-hydrogen) atoms. The number of carboxylic acids is 1. The number of carbonyl (C=O) groups is 1. The number of nitrogens with one attached hydrogen (secondary N) is 1. The summed E-state index contributed by atoms with van der Waals surface area (Å²) in [6.07, 6.45) is 0. The smallest absolute Gasteiger partial charge is 0.355 e. The fraction of sp³-hybridized carbons (Fsp3) is 0.0870. The summed E-state index contributed by atoms with van der Waals surface area (Å²) in [5.41, 5.74) is 3.88. The Morgan fingerprint density at radius 3 is 2.85 bits per heavy atom. The Morgan fingerprint density at radius 2 is 2.00 bits per heavy atom. The zero-order chi connectivity index (χ0) is 22.5. The third-order valence-corrected chi connectivity index (χ3v) is 6.08.